The zero-order chi connectivity index (χ0) is 9.97. The summed E-state index contributed by atoms with van der Waals surface area (Å²) >= 11 is 0. The Balaban J connectivity index is 2.21. The summed E-state index contributed by atoms with van der Waals surface area (Å²) in [4.78, 5) is 16.9. The molecule has 0 bridgehead atoms. The van der Waals surface area contributed by atoms with Crippen molar-refractivity contribution in [2.24, 2.45) is 0 Å². The molecular formula is C11H14N2O. The number of amides is 1. The minimum Gasteiger partial charge on any atom is -0.338 e. The molecule has 2 rings (SSSR count). The lowest BCUT2D eigenvalue weighted by Gasteiger charge is -2.19. The molecule has 1 saturated heterocycles. The van der Waals surface area contributed by atoms with E-state index in [0.717, 1.165) is 37.1 Å². The number of hydrogen-bond donors (Lipinski definition) is 0. The van der Waals surface area contributed by atoms with Gasteiger partial charge in [0.1, 0.15) is 0 Å². The van der Waals surface area contributed by atoms with Gasteiger partial charge in [-0.15, -0.1) is 0 Å². The Kier molecular flexibility index (Phi) is 2.48. The molecular weight excluding hydrogens is 176 g/mol. The lowest BCUT2D eigenvalue weighted by molar-refractivity contribution is -0.118. The van der Waals surface area contributed by atoms with E-state index in [1.54, 1.807) is 0 Å². The zero-order valence-corrected chi connectivity index (χ0v) is 8.31. The standard InChI is InChI=1S/C11H14N2O/c1-9-4-5-10(7-12-9)11-3-2-6-13(11)8-14/h4-5,7-8,11H,2-3,6H2,1H3/t11-/m1/s1. The van der Waals surface area contributed by atoms with Gasteiger partial charge in [-0.05, 0) is 31.4 Å². The largest absolute Gasteiger partial charge is 0.338 e. The molecule has 1 fully saturated rings. The highest BCUT2D eigenvalue weighted by atomic mass is 16.1. The van der Waals surface area contributed by atoms with Crippen LogP contribution in [0, 0.1) is 6.92 Å². The van der Waals surface area contributed by atoms with E-state index in [9.17, 15) is 4.79 Å². The number of hydrogen-bond acceptors (Lipinski definition) is 2. The molecule has 2 heterocycles. The van der Waals surface area contributed by atoms with Crippen LogP contribution in [-0.2, 0) is 4.79 Å². The Morgan fingerprint density at radius 2 is 2.43 bits per heavy atom. The molecule has 1 aliphatic rings. The molecule has 0 spiro atoms. The van der Waals surface area contributed by atoms with Gasteiger partial charge in [0, 0.05) is 18.4 Å². The first-order chi connectivity index (χ1) is 6.81. The molecule has 1 aliphatic heterocycles. The molecule has 0 aromatic carbocycles. The van der Waals surface area contributed by atoms with E-state index < -0.39 is 0 Å². The predicted octanol–water partition coefficient (Wildman–Crippen LogP) is 1.68. The molecule has 3 heteroatoms. The molecule has 14 heavy (non-hydrogen) atoms. The molecule has 1 aromatic heterocycles. The van der Waals surface area contributed by atoms with Crippen LogP contribution in [0.2, 0.25) is 0 Å². The quantitative estimate of drug-likeness (QED) is 0.665. The highest BCUT2D eigenvalue weighted by Gasteiger charge is 2.24. The Bertz CT molecular complexity index is 321. The zero-order valence-electron chi connectivity index (χ0n) is 8.31. The first-order valence-corrected chi connectivity index (χ1v) is 4.95. The summed E-state index contributed by atoms with van der Waals surface area (Å²) in [6.45, 7) is 2.85. The lowest BCUT2D eigenvalue weighted by Crippen LogP contribution is -2.21. The normalized spacial score (nSPS) is 21.2. The predicted molar refractivity (Wildman–Crippen MR) is 53.7 cm³/mol. The summed E-state index contributed by atoms with van der Waals surface area (Å²) in [6.07, 6.45) is 4.97. The molecule has 74 valence electrons. The first kappa shape index (κ1) is 9.19. The van der Waals surface area contributed by atoms with Gasteiger partial charge in [0.05, 0.1) is 6.04 Å². The topological polar surface area (TPSA) is 33.2 Å². The molecule has 0 aliphatic carbocycles. The summed E-state index contributed by atoms with van der Waals surface area (Å²) in [7, 11) is 0. The van der Waals surface area contributed by atoms with Gasteiger partial charge in [0.2, 0.25) is 6.41 Å². The molecule has 0 saturated carbocycles. The van der Waals surface area contributed by atoms with Crippen LogP contribution < -0.4 is 0 Å². The van der Waals surface area contributed by atoms with Gasteiger partial charge < -0.3 is 4.90 Å². The van der Waals surface area contributed by atoms with Crippen molar-refractivity contribution < 1.29 is 4.79 Å². The number of aryl methyl sites for hydroxylation is 1. The van der Waals surface area contributed by atoms with E-state index in [2.05, 4.69) is 11.1 Å². The highest BCUT2D eigenvalue weighted by Crippen LogP contribution is 2.29. The van der Waals surface area contributed by atoms with Gasteiger partial charge in [-0.1, -0.05) is 6.07 Å². The SMILES string of the molecule is Cc1ccc([C@H]2CCCN2C=O)cn1. The second-order valence-electron chi connectivity index (χ2n) is 3.73. The van der Waals surface area contributed by atoms with Gasteiger partial charge in [-0.25, -0.2) is 0 Å². The van der Waals surface area contributed by atoms with E-state index in [1.165, 1.54) is 0 Å². The summed E-state index contributed by atoms with van der Waals surface area (Å²) in [6, 6.07) is 4.31. The van der Waals surface area contributed by atoms with Crippen LogP contribution in [0.3, 0.4) is 0 Å². The van der Waals surface area contributed by atoms with E-state index in [4.69, 9.17) is 0 Å². The smallest absolute Gasteiger partial charge is 0.210 e. The van der Waals surface area contributed by atoms with E-state index in [0.29, 0.717) is 0 Å². The Hall–Kier alpha value is -1.38. The van der Waals surface area contributed by atoms with Crippen LogP contribution >= 0.6 is 0 Å². The van der Waals surface area contributed by atoms with Crippen molar-refractivity contribution in [2.45, 2.75) is 25.8 Å². The molecule has 0 unspecified atom stereocenters. The molecule has 0 radical (unpaired) electrons. The third kappa shape index (κ3) is 1.62. The number of pyridine rings is 1. The van der Waals surface area contributed by atoms with Gasteiger partial charge in [0.25, 0.3) is 0 Å². The van der Waals surface area contributed by atoms with Crippen LogP contribution in [0.25, 0.3) is 0 Å². The lowest BCUT2D eigenvalue weighted by atomic mass is 10.1. The fraction of sp³-hybridized carbons (Fsp3) is 0.455. The number of carbonyl (C=O) groups is 1. The van der Waals surface area contributed by atoms with Gasteiger partial charge >= 0.3 is 0 Å². The molecule has 3 nitrogen and oxygen atoms in total. The maximum absolute atomic E-state index is 10.8. The van der Waals surface area contributed by atoms with Crippen molar-refractivity contribution in [1.82, 2.24) is 9.88 Å². The second-order valence-corrected chi connectivity index (χ2v) is 3.73. The van der Waals surface area contributed by atoms with E-state index in [1.807, 2.05) is 24.1 Å². The monoisotopic (exact) mass is 190 g/mol. The van der Waals surface area contributed by atoms with Gasteiger partial charge in [-0.2, -0.15) is 0 Å². The van der Waals surface area contributed by atoms with E-state index in [-0.39, 0.29) is 6.04 Å². The van der Waals surface area contributed by atoms with Crippen LogP contribution in [0.5, 0.6) is 0 Å². The van der Waals surface area contributed by atoms with Crippen molar-refractivity contribution >= 4 is 6.41 Å². The van der Waals surface area contributed by atoms with Crippen molar-refractivity contribution in [3.63, 3.8) is 0 Å². The molecule has 1 amide bonds. The van der Waals surface area contributed by atoms with Crippen LogP contribution in [0.15, 0.2) is 18.3 Å². The van der Waals surface area contributed by atoms with Crippen LogP contribution in [0.1, 0.15) is 30.1 Å². The Morgan fingerprint density at radius 1 is 1.57 bits per heavy atom. The van der Waals surface area contributed by atoms with Gasteiger partial charge in [0.15, 0.2) is 0 Å². The summed E-state index contributed by atoms with van der Waals surface area (Å²) < 4.78 is 0. The average molecular weight is 190 g/mol. The van der Waals surface area contributed by atoms with Crippen molar-refractivity contribution in [2.75, 3.05) is 6.54 Å². The first-order valence-electron chi connectivity index (χ1n) is 4.95. The molecule has 1 atom stereocenters. The number of nitrogens with zero attached hydrogens (tertiary/aromatic N) is 2. The number of carbonyl (C=O) groups excluding carboxylic acids is 1. The fourth-order valence-electron chi connectivity index (χ4n) is 1.95. The Labute approximate surface area is 83.8 Å². The van der Waals surface area contributed by atoms with Crippen molar-refractivity contribution in [3.8, 4) is 0 Å². The number of aromatic nitrogens is 1. The fourth-order valence-corrected chi connectivity index (χ4v) is 1.95. The van der Waals surface area contributed by atoms with E-state index >= 15 is 0 Å². The average Bonchev–Trinajstić information content (AvgIpc) is 2.67. The highest BCUT2D eigenvalue weighted by molar-refractivity contribution is 5.49. The summed E-state index contributed by atoms with van der Waals surface area (Å²) in [5, 5.41) is 0. The van der Waals surface area contributed by atoms with Gasteiger partial charge in [-0.3, -0.25) is 9.78 Å². The van der Waals surface area contributed by atoms with Crippen LogP contribution in [-0.4, -0.2) is 22.8 Å². The minimum atomic E-state index is 0.251. The number of likely N-dealkylation sites (tertiary alicyclic amines) is 1. The minimum absolute atomic E-state index is 0.251. The summed E-state index contributed by atoms with van der Waals surface area (Å²) in [5.41, 5.74) is 2.17. The maximum Gasteiger partial charge on any atom is 0.210 e. The second kappa shape index (κ2) is 3.78. The maximum atomic E-state index is 10.8. The summed E-state index contributed by atoms with van der Waals surface area (Å²) in [5.74, 6) is 0. The molecule has 0 N–H and O–H groups in total. The van der Waals surface area contributed by atoms with Crippen molar-refractivity contribution in [3.05, 3.63) is 29.6 Å². The van der Waals surface area contributed by atoms with Crippen LogP contribution in [0.4, 0.5) is 0 Å². The third-order valence-electron chi connectivity index (χ3n) is 2.75. The Morgan fingerprint density at radius 3 is 3.07 bits per heavy atom. The number of rotatable bonds is 2. The third-order valence-corrected chi connectivity index (χ3v) is 2.75. The molecule has 1 aromatic rings. The van der Waals surface area contributed by atoms with Crippen molar-refractivity contribution in [1.29, 1.82) is 0 Å².